The molecular weight excluding hydrogens is 362 g/mol. The van der Waals surface area contributed by atoms with Crippen LogP contribution in [0, 0.1) is 0 Å². The van der Waals surface area contributed by atoms with Gasteiger partial charge in [0.15, 0.2) is 17.1 Å². The summed E-state index contributed by atoms with van der Waals surface area (Å²) in [7, 11) is 1.53. The first-order valence-electron chi connectivity index (χ1n) is 8.47. The normalized spacial score (nSPS) is 12.5. The molecule has 0 unspecified atom stereocenters. The largest absolute Gasteiger partial charge is 0.492 e. The number of nitrogens with zero attached hydrogens (tertiary/aromatic N) is 3. The van der Waals surface area contributed by atoms with E-state index in [9.17, 15) is 4.79 Å². The molecule has 1 aliphatic rings. The predicted octanol–water partition coefficient (Wildman–Crippen LogP) is 2.07. The molecule has 9 nitrogen and oxygen atoms in total. The zero-order valence-electron chi connectivity index (χ0n) is 14.8. The Labute approximate surface area is 158 Å². The molecule has 3 aromatic heterocycles. The number of aromatic nitrogens is 4. The summed E-state index contributed by atoms with van der Waals surface area (Å²) in [6.45, 7) is 0.114. The first-order valence-corrected chi connectivity index (χ1v) is 8.47. The third-order valence-corrected chi connectivity index (χ3v) is 4.54. The van der Waals surface area contributed by atoms with Crippen LogP contribution in [0.25, 0.3) is 28.2 Å². The van der Waals surface area contributed by atoms with Gasteiger partial charge in [-0.05, 0) is 24.3 Å². The number of aromatic amines is 1. The van der Waals surface area contributed by atoms with Crippen LogP contribution in [0.3, 0.4) is 0 Å². The summed E-state index contributed by atoms with van der Waals surface area (Å²) in [5.41, 5.74) is 8.38. The number of hydrogen-bond acceptors (Lipinski definition) is 7. The van der Waals surface area contributed by atoms with Gasteiger partial charge < -0.3 is 19.9 Å². The van der Waals surface area contributed by atoms with Gasteiger partial charge in [0.05, 0.1) is 24.1 Å². The number of methoxy groups -OCH3 is 1. The Balaban J connectivity index is 1.78. The number of fused-ring (bicyclic) bond motifs is 2. The van der Waals surface area contributed by atoms with E-state index in [1.807, 2.05) is 6.07 Å². The van der Waals surface area contributed by atoms with Gasteiger partial charge in [0.2, 0.25) is 12.5 Å². The SMILES string of the molecule is COc1c(-c2cc(=O)n3[nH]c(N)c(-c4ccccn4)c3n2)ccc2c1OCO2. The summed E-state index contributed by atoms with van der Waals surface area (Å²) in [6.07, 6.45) is 1.65. The van der Waals surface area contributed by atoms with Gasteiger partial charge in [0.1, 0.15) is 5.82 Å². The quantitative estimate of drug-likeness (QED) is 0.561. The predicted molar refractivity (Wildman–Crippen MR) is 102 cm³/mol. The number of pyridine rings is 1. The number of nitrogen functional groups attached to an aromatic ring is 1. The highest BCUT2D eigenvalue weighted by Crippen LogP contribution is 2.46. The molecule has 0 aliphatic carbocycles. The van der Waals surface area contributed by atoms with Crippen molar-refractivity contribution in [3.63, 3.8) is 0 Å². The van der Waals surface area contributed by atoms with Crippen molar-refractivity contribution in [1.29, 1.82) is 0 Å². The summed E-state index contributed by atoms with van der Waals surface area (Å²) in [5, 5.41) is 2.85. The topological polar surface area (TPSA) is 117 Å². The molecule has 0 saturated carbocycles. The van der Waals surface area contributed by atoms with Crippen LogP contribution in [-0.2, 0) is 0 Å². The smallest absolute Gasteiger partial charge is 0.273 e. The van der Waals surface area contributed by atoms with Crippen LogP contribution < -0.4 is 25.5 Å². The first-order chi connectivity index (χ1) is 13.7. The maximum Gasteiger partial charge on any atom is 0.273 e. The van der Waals surface area contributed by atoms with Crippen LogP contribution >= 0.6 is 0 Å². The van der Waals surface area contributed by atoms with Crippen molar-refractivity contribution >= 4 is 11.5 Å². The van der Waals surface area contributed by atoms with Crippen molar-refractivity contribution in [2.75, 3.05) is 19.6 Å². The lowest BCUT2D eigenvalue weighted by molar-refractivity contribution is 0.171. The average Bonchev–Trinajstić information content (AvgIpc) is 3.31. The van der Waals surface area contributed by atoms with Crippen LogP contribution in [0.2, 0.25) is 0 Å². The summed E-state index contributed by atoms with van der Waals surface area (Å²) in [5.74, 6) is 1.83. The number of rotatable bonds is 3. The third-order valence-electron chi connectivity index (χ3n) is 4.54. The Kier molecular flexibility index (Phi) is 3.48. The van der Waals surface area contributed by atoms with Crippen molar-refractivity contribution < 1.29 is 14.2 Å². The van der Waals surface area contributed by atoms with E-state index < -0.39 is 0 Å². The molecule has 0 spiro atoms. The molecule has 140 valence electrons. The molecule has 0 saturated heterocycles. The maximum absolute atomic E-state index is 12.7. The zero-order valence-corrected chi connectivity index (χ0v) is 14.8. The fraction of sp³-hybridized carbons (Fsp3) is 0.105. The lowest BCUT2D eigenvalue weighted by atomic mass is 10.1. The molecular formula is C19H15N5O4. The van der Waals surface area contributed by atoms with Gasteiger partial charge in [-0.25, -0.2) is 4.98 Å². The molecule has 0 fully saturated rings. The molecule has 28 heavy (non-hydrogen) atoms. The maximum atomic E-state index is 12.7. The van der Waals surface area contributed by atoms with E-state index in [-0.39, 0.29) is 12.4 Å². The number of nitrogens with two attached hydrogens (primary N) is 1. The van der Waals surface area contributed by atoms with E-state index >= 15 is 0 Å². The molecule has 9 heteroatoms. The fourth-order valence-corrected chi connectivity index (χ4v) is 3.31. The Morgan fingerprint density at radius 1 is 1.21 bits per heavy atom. The van der Waals surface area contributed by atoms with Gasteiger partial charge in [-0.2, -0.15) is 4.52 Å². The minimum Gasteiger partial charge on any atom is -0.492 e. The standard InChI is InChI=1S/C19H15N5O4/c1-26-16-10(5-6-13-17(16)28-9-27-13)12-8-14(25)24-19(22-12)15(18(20)23-24)11-4-2-3-7-21-11/h2-8,23H,9,20H2,1H3. The van der Waals surface area contributed by atoms with Crippen molar-refractivity contribution in [2.45, 2.75) is 0 Å². The highest BCUT2D eigenvalue weighted by atomic mass is 16.7. The molecule has 0 atom stereocenters. The fourth-order valence-electron chi connectivity index (χ4n) is 3.31. The van der Waals surface area contributed by atoms with Gasteiger partial charge in [-0.1, -0.05) is 6.07 Å². The molecule has 0 bridgehead atoms. The lowest BCUT2D eigenvalue weighted by Crippen LogP contribution is -2.14. The highest BCUT2D eigenvalue weighted by Gasteiger charge is 2.24. The Morgan fingerprint density at radius 2 is 2.11 bits per heavy atom. The lowest BCUT2D eigenvalue weighted by Gasteiger charge is -2.10. The molecule has 4 heterocycles. The summed E-state index contributed by atoms with van der Waals surface area (Å²) in [6, 6.07) is 10.4. The zero-order chi connectivity index (χ0) is 19.3. The van der Waals surface area contributed by atoms with E-state index in [1.165, 1.54) is 17.7 Å². The van der Waals surface area contributed by atoms with Crippen LogP contribution in [0.15, 0.2) is 47.4 Å². The van der Waals surface area contributed by atoms with E-state index in [4.69, 9.17) is 19.9 Å². The molecule has 4 aromatic rings. The van der Waals surface area contributed by atoms with Crippen molar-refractivity contribution in [3.8, 4) is 39.8 Å². The second kappa shape index (κ2) is 6.02. The number of anilines is 1. The van der Waals surface area contributed by atoms with E-state index in [0.717, 1.165) is 0 Å². The Morgan fingerprint density at radius 3 is 2.89 bits per heavy atom. The second-order valence-corrected chi connectivity index (χ2v) is 6.13. The molecule has 1 aromatic carbocycles. The number of nitrogens with one attached hydrogen (secondary N) is 1. The summed E-state index contributed by atoms with van der Waals surface area (Å²) >= 11 is 0. The van der Waals surface area contributed by atoms with Crippen LogP contribution in [-0.4, -0.2) is 33.5 Å². The number of hydrogen-bond donors (Lipinski definition) is 2. The van der Waals surface area contributed by atoms with E-state index in [2.05, 4.69) is 15.1 Å². The van der Waals surface area contributed by atoms with Gasteiger partial charge in [0, 0.05) is 17.8 Å². The van der Waals surface area contributed by atoms with Crippen LogP contribution in [0.4, 0.5) is 5.82 Å². The summed E-state index contributed by atoms with van der Waals surface area (Å²) in [4.78, 5) is 21.7. The monoisotopic (exact) mass is 377 g/mol. The third kappa shape index (κ3) is 2.29. The van der Waals surface area contributed by atoms with Gasteiger partial charge in [-0.15, -0.1) is 0 Å². The number of H-pyrrole nitrogens is 1. The minimum absolute atomic E-state index is 0.114. The number of ether oxygens (including phenoxy) is 3. The highest BCUT2D eigenvalue weighted by molar-refractivity contribution is 5.86. The summed E-state index contributed by atoms with van der Waals surface area (Å²) < 4.78 is 17.7. The average molecular weight is 377 g/mol. The Hall–Kier alpha value is -4.01. The van der Waals surface area contributed by atoms with Gasteiger partial charge in [0.25, 0.3) is 5.56 Å². The molecule has 3 N–H and O–H groups in total. The van der Waals surface area contributed by atoms with E-state index in [1.54, 1.807) is 30.5 Å². The van der Waals surface area contributed by atoms with Gasteiger partial charge in [-0.3, -0.25) is 14.9 Å². The first kappa shape index (κ1) is 16.2. The molecule has 5 rings (SSSR count). The van der Waals surface area contributed by atoms with E-state index in [0.29, 0.717) is 51.2 Å². The molecule has 0 amide bonds. The van der Waals surface area contributed by atoms with Crippen molar-refractivity contribution in [2.24, 2.45) is 0 Å². The number of benzene rings is 1. The minimum atomic E-state index is -0.311. The Bertz CT molecular complexity index is 1260. The molecule has 0 radical (unpaired) electrons. The molecule has 1 aliphatic heterocycles. The van der Waals surface area contributed by atoms with Gasteiger partial charge >= 0.3 is 0 Å². The van der Waals surface area contributed by atoms with Crippen LogP contribution in [0.5, 0.6) is 17.2 Å². The van der Waals surface area contributed by atoms with Crippen molar-refractivity contribution in [3.05, 3.63) is 52.9 Å². The van der Waals surface area contributed by atoms with Crippen molar-refractivity contribution in [1.82, 2.24) is 19.6 Å². The second-order valence-electron chi connectivity index (χ2n) is 6.13. The van der Waals surface area contributed by atoms with Crippen LogP contribution in [0.1, 0.15) is 0 Å².